The smallest absolute Gasteiger partial charge is 0.305 e. The molecular formula is C31H31F3O3. The predicted molar refractivity (Wildman–Crippen MR) is 139 cm³/mol. The van der Waals surface area contributed by atoms with Crippen molar-refractivity contribution in [2.75, 3.05) is 7.11 Å². The van der Waals surface area contributed by atoms with Gasteiger partial charge in [-0.1, -0.05) is 50.3 Å². The number of carbonyl (C=O) groups is 1. The van der Waals surface area contributed by atoms with Crippen LogP contribution in [0.5, 0.6) is 5.75 Å². The van der Waals surface area contributed by atoms with Crippen LogP contribution in [-0.2, 0) is 22.6 Å². The van der Waals surface area contributed by atoms with Crippen molar-refractivity contribution in [3.05, 3.63) is 94.8 Å². The summed E-state index contributed by atoms with van der Waals surface area (Å²) in [6.07, 6.45) is 2.18. The van der Waals surface area contributed by atoms with Crippen LogP contribution in [0.1, 0.15) is 61.8 Å². The zero-order valence-corrected chi connectivity index (χ0v) is 21.3. The minimum Gasteiger partial charge on any atom is -0.489 e. The van der Waals surface area contributed by atoms with Crippen LogP contribution in [0.4, 0.5) is 13.2 Å². The Labute approximate surface area is 215 Å². The molecule has 6 heteroatoms. The van der Waals surface area contributed by atoms with E-state index >= 15 is 0 Å². The maximum absolute atomic E-state index is 14.9. The molecule has 0 unspecified atom stereocenters. The largest absolute Gasteiger partial charge is 0.489 e. The molecule has 3 aromatic carbocycles. The molecule has 1 aliphatic rings. The number of alkyl halides is 2. The summed E-state index contributed by atoms with van der Waals surface area (Å²) in [5.41, 5.74) is 4.19. The molecule has 0 aliphatic heterocycles. The Morgan fingerprint density at radius 1 is 0.973 bits per heavy atom. The van der Waals surface area contributed by atoms with Gasteiger partial charge in [-0.05, 0) is 82.8 Å². The average Bonchev–Trinajstić information content (AvgIpc) is 3.25. The summed E-state index contributed by atoms with van der Waals surface area (Å²) in [4.78, 5) is 11.5. The van der Waals surface area contributed by atoms with E-state index in [9.17, 15) is 18.0 Å². The van der Waals surface area contributed by atoms with Crippen LogP contribution in [-0.4, -0.2) is 13.1 Å². The van der Waals surface area contributed by atoms with Gasteiger partial charge in [0, 0.05) is 17.5 Å². The molecule has 0 heterocycles. The summed E-state index contributed by atoms with van der Waals surface area (Å²) >= 11 is 0. The molecule has 0 amide bonds. The topological polar surface area (TPSA) is 35.5 Å². The molecule has 3 aromatic rings. The highest BCUT2D eigenvalue weighted by Crippen LogP contribution is 2.47. The van der Waals surface area contributed by atoms with Crippen LogP contribution >= 0.6 is 0 Å². The first kappa shape index (κ1) is 26.5. The number of carbonyl (C=O) groups excluding carboxylic acids is 1. The molecule has 0 atom stereocenters. The van der Waals surface area contributed by atoms with Crippen molar-refractivity contribution < 1.29 is 27.4 Å². The lowest BCUT2D eigenvalue weighted by Crippen LogP contribution is -2.10. The number of hydrogen-bond acceptors (Lipinski definition) is 3. The van der Waals surface area contributed by atoms with E-state index in [-0.39, 0.29) is 29.1 Å². The van der Waals surface area contributed by atoms with Gasteiger partial charge >= 0.3 is 5.97 Å². The number of hydrogen-bond donors (Lipinski definition) is 0. The fourth-order valence-electron chi connectivity index (χ4n) is 4.79. The zero-order valence-electron chi connectivity index (χ0n) is 21.3. The number of allylic oxidation sites excluding steroid dienone is 2. The Morgan fingerprint density at radius 3 is 2.49 bits per heavy atom. The molecule has 0 fully saturated rings. The summed E-state index contributed by atoms with van der Waals surface area (Å²) in [6, 6.07) is 16.7. The van der Waals surface area contributed by atoms with Crippen molar-refractivity contribution >= 4 is 11.5 Å². The van der Waals surface area contributed by atoms with E-state index in [2.05, 4.69) is 19.9 Å². The second-order valence-corrected chi connectivity index (χ2v) is 9.97. The van der Waals surface area contributed by atoms with Crippen molar-refractivity contribution in [3.8, 4) is 16.9 Å². The van der Waals surface area contributed by atoms with E-state index in [0.717, 1.165) is 47.2 Å². The number of halogens is 3. The Hall–Kier alpha value is -3.54. The Balaban J connectivity index is 1.64. The van der Waals surface area contributed by atoms with E-state index in [0.29, 0.717) is 24.2 Å². The SMILES string of the molecule is COC(=O)CCc1cccc(OCc2ccc(-c3cc(C(F)F)ccc3F)c(C3=CCCC3(C)C)c2)c1. The van der Waals surface area contributed by atoms with Crippen molar-refractivity contribution in [1.82, 2.24) is 0 Å². The molecule has 0 saturated heterocycles. The number of rotatable bonds is 9. The molecule has 0 bridgehead atoms. The van der Waals surface area contributed by atoms with Crippen LogP contribution in [0.15, 0.2) is 66.7 Å². The fourth-order valence-corrected chi connectivity index (χ4v) is 4.79. The summed E-state index contributed by atoms with van der Waals surface area (Å²) < 4.78 is 52.5. The van der Waals surface area contributed by atoms with Crippen LogP contribution < -0.4 is 4.74 Å². The molecular weight excluding hydrogens is 477 g/mol. The normalized spacial score (nSPS) is 14.5. The molecule has 0 radical (unpaired) electrons. The first-order valence-electron chi connectivity index (χ1n) is 12.4. The molecule has 0 saturated carbocycles. The van der Waals surface area contributed by atoms with Gasteiger partial charge in [0.05, 0.1) is 7.11 Å². The van der Waals surface area contributed by atoms with E-state index in [1.54, 1.807) is 6.07 Å². The first-order valence-corrected chi connectivity index (χ1v) is 12.4. The average molecular weight is 509 g/mol. The fraction of sp³-hybridized carbons (Fsp3) is 0.323. The monoisotopic (exact) mass is 508 g/mol. The summed E-state index contributed by atoms with van der Waals surface area (Å²) in [7, 11) is 1.37. The molecule has 0 aromatic heterocycles. The summed E-state index contributed by atoms with van der Waals surface area (Å²) in [6.45, 7) is 4.57. The lowest BCUT2D eigenvalue weighted by Gasteiger charge is -2.25. The Bertz CT molecular complexity index is 1310. The van der Waals surface area contributed by atoms with Crippen LogP contribution in [0, 0.1) is 11.2 Å². The molecule has 3 nitrogen and oxygen atoms in total. The lowest BCUT2D eigenvalue weighted by atomic mass is 9.79. The Kier molecular flexibility index (Phi) is 8.06. The first-order chi connectivity index (χ1) is 17.7. The third kappa shape index (κ3) is 6.24. The second kappa shape index (κ2) is 11.2. The van der Waals surface area contributed by atoms with E-state index in [1.807, 2.05) is 36.4 Å². The molecule has 37 heavy (non-hydrogen) atoms. The van der Waals surface area contributed by atoms with E-state index in [4.69, 9.17) is 9.47 Å². The van der Waals surface area contributed by atoms with Crippen LogP contribution in [0.3, 0.4) is 0 Å². The zero-order chi connectivity index (χ0) is 26.6. The van der Waals surface area contributed by atoms with Crippen molar-refractivity contribution in [1.29, 1.82) is 0 Å². The van der Waals surface area contributed by atoms with Gasteiger partial charge in [-0.25, -0.2) is 13.2 Å². The third-order valence-corrected chi connectivity index (χ3v) is 6.90. The van der Waals surface area contributed by atoms with Gasteiger partial charge in [0.1, 0.15) is 18.2 Å². The standard InChI is InChI=1S/C31H31F3O3/c1-31(2)15-5-8-27(31)25-17-21(9-12-24(25)26-18-22(30(33)34)11-13-28(26)32)19-37-23-7-4-6-20(16-23)10-14-29(35)36-3/h4,6-9,11-13,16-18,30H,5,10,14-15,19H2,1-3H3. The van der Waals surface area contributed by atoms with Crippen LogP contribution in [0.2, 0.25) is 0 Å². The van der Waals surface area contributed by atoms with E-state index < -0.39 is 12.2 Å². The predicted octanol–water partition coefficient (Wildman–Crippen LogP) is 8.32. The molecule has 4 rings (SSSR count). The lowest BCUT2D eigenvalue weighted by molar-refractivity contribution is -0.140. The molecule has 1 aliphatic carbocycles. The summed E-state index contributed by atoms with van der Waals surface area (Å²) in [5.74, 6) is -0.127. The van der Waals surface area contributed by atoms with Crippen LogP contribution in [0.25, 0.3) is 16.7 Å². The quantitative estimate of drug-likeness (QED) is 0.273. The van der Waals surface area contributed by atoms with Gasteiger partial charge in [0.2, 0.25) is 0 Å². The van der Waals surface area contributed by atoms with Gasteiger partial charge in [-0.2, -0.15) is 0 Å². The molecule has 194 valence electrons. The number of ether oxygens (including phenoxy) is 2. The second-order valence-electron chi connectivity index (χ2n) is 9.97. The minimum atomic E-state index is -2.68. The van der Waals surface area contributed by atoms with Crippen molar-refractivity contribution in [3.63, 3.8) is 0 Å². The van der Waals surface area contributed by atoms with E-state index in [1.165, 1.54) is 13.2 Å². The number of aryl methyl sites for hydroxylation is 1. The van der Waals surface area contributed by atoms with Gasteiger partial charge in [-0.15, -0.1) is 0 Å². The highest BCUT2D eigenvalue weighted by molar-refractivity contribution is 5.85. The maximum Gasteiger partial charge on any atom is 0.305 e. The highest BCUT2D eigenvalue weighted by atomic mass is 19.3. The Morgan fingerprint density at radius 2 is 1.78 bits per heavy atom. The minimum absolute atomic E-state index is 0.126. The number of methoxy groups -OCH3 is 1. The van der Waals surface area contributed by atoms with Crippen molar-refractivity contribution in [2.45, 2.75) is 52.6 Å². The van der Waals surface area contributed by atoms with Gasteiger partial charge < -0.3 is 9.47 Å². The van der Waals surface area contributed by atoms with Gasteiger partial charge in [-0.3, -0.25) is 4.79 Å². The number of benzene rings is 3. The van der Waals surface area contributed by atoms with Crippen molar-refractivity contribution in [2.24, 2.45) is 5.41 Å². The molecule has 0 N–H and O–H groups in total. The van der Waals surface area contributed by atoms with Gasteiger partial charge in [0.25, 0.3) is 6.43 Å². The molecule has 0 spiro atoms. The number of esters is 1. The highest BCUT2D eigenvalue weighted by Gasteiger charge is 2.30. The van der Waals surface area contributed by atoms with Gasteiger partial charge in [0.15, 0.2) is 0 Å². The summed E-state index contributed by atoms with van der Waals surface area (Å²) in [5, 5.41) is 0. The maximum atomic E-state index is 14.9. The third-order valence-electron chi connectivity index (χ3n) is 6.90.